The molecule has 1 aliphatic rings. The molecule has 2 rings (SSSR count). The van der Waals surface area contributed by atoms with Crippen LogP contribution in [0, 0.1) is 11.3 Å². The molecule has 0 saturated carbocycles. The highest BCUT2D eigenvalue weighted by Gasteiger charge is 2.37. The van der Waals surface area contributed by atoms with Crippen LogP contribution < -0.4 is 10.1 Å². The lowest BCUT2D eigenvalue weighted by atomic mass is 9.94. The minimum absolute atomic E-state index is 0.0463. The van der Waals surface area contributed by atoms with Gasteiger partial charge >= 0.3 is 12.0 Å². The zero-order valence-corrected chi connectivity index (χ0v) is 14.7. The molecule has 0 spiro atoms. The third-order valence-electron chi connectivity index (χ3n) is 3.96. The molecule has 1 aliphatic heterocycles. The van der Waals surface area contributed by atoms with Crippen LogP contribution in [0.15, 0.2) is 35.5 Å². The maximum Gasteiger partial charge on any atom is 0.337 e. The van der Waals surface area contributed by atoms with Crippen LogP contribution in [0.25, 0.3) is 0 Å². The van der Waals surface area contributed by atoms with Crippen LogP contribution in [-0.4, -0.2) is 36.7 Å². The van der Waals surface area contributed by atoms with Crippen LogP contribution in [0.1, 0.15) is 32.4 Å². The average Bonchev–Trinajstić information content (AvgIpc) is 2.59. The fraction of sp³-hybridized carbons (Fsp3) is 0.389. The van der Waals surface area contributed by atoms with E-state index in [1.54, 1.807) is 31.2 Å². The van der Waals surface area contributed by atoms with Gasteiger partial charge in [-0.2, -0.15) is 5.26 Å². The van der Waals surface area contributed by atoms with Crippen LogP contribution in [0.4, 0.5) is 4.79 Å². The highest BCUT2D eigenvalue weighted by molar-refractivity contribution is 5.95. The molecule has 0 unspecified atom stereocenters. The number of hydrogen-bond donors (Lipinski definition) is 1. The van der Waals surface area contributed by atoms with Crippen molar-refractivity contribution < 1.29 is 19.1 Å². The van der Waals surface area contributed by atoms with Gasteiger partial charge in [0.05, 0.1) is 18.7 Å². The van der Waals surface area contributed by atoms with Crippen molar-refractivity contribution in [1.82, 2.24) is 10.2 Å². The second kappa shape index (κ2) is 7.71. The maximum atomic E-state index is 12.5. The van der Waals surface area contributed by atoms with Crippen LogP contribution in [0.3, 0.4) is 0 Å². The normalized spacial score (nSPS) is 17.2. The van der Waals surface area contributed by atoms with Crippen molar-refractivity contribution >= 4 is 12.0 Å². The first-order valence-electron chi connectivity index (χ1n) is 7.89. The Bertz CT molecular complexity index is 732. The number of nitrogens with one attached hydrogen (secondary N) is 1. The van der Waals surface area contributed by atoms with E-state index in [2.05, 4.69) is 5.32 Å². The highest BCUT2D eigenvalue weighted by Crippen LogP contribution is 2.32. The predicted molar refractivity (Wildman–Crippen MR) is 90.5 cm³/mol. The van der Waals surface area contributed by atoms with Crippen molar-refractivity contribution in [1.29, 1.82) is 5.26 Å². The number of esters is 1. The summed E-state index contributed by atoms with van der Waals surface area (Å²) in [6.45, 7) is 5.44. The fourth-order valence-corrected chi connectivity index (χ4v) is 2.88. The van der Waals surface area contributed by atoms with E-state index in [1.165, 1.54) is 12.0 Å². The van der Waals surface area contributed by atoms with Gasteiger partial charge in [0.2, 0.25) is 0 Å². The van der Waals surface area contributed by atoms with Gasteiger partial charge in [0, 0.05) is 11.7 Å². The van der Waals surface area contributed by atoms with Gasteiger partial charge in [-0.05, 0) is 38.5 Å². The van der Waals surface area contributed by atoms with Crippen molar-refractivity contribution in [3.05, 3.63) is 41.1 Å². The smallest absolute Gasteiger partial charge is 0.337 e. The van der Waals surface area contributed by atoms with E-state index in [-0.39, 0.29) is 18.7 Å². The molecule has 0 radical (unpaired) electrons. The number of amides is 2. The monoisotopic (exact) mass is 343 g/mol. The molecule has 0 aromatic heterocycles. The zero-order valence-electron chi connectivity index (χ0n) is 14.7. The maximum absolute atomic E-state index is 12.5. The minimum Gasteiger partial charge on any atom is -0.479 e. The molecular weight excluding hydrogens is 322 g/mol. The van der Waals surface area contributed by atoms with Gasteiger partial charge in [-0.3, -0.25) is 4.90 Å². The molecule has 1 aromatic rings. The van der Waals surface area contributed by atoms with Crippen molar-refractivity contribution in [2.24, 2.45) is 0 Å². The number of allylic oxidation sites excluding steroid dienone is 1. The minimum atomic E-state index is -0.611. The Labute approximate surface area is 146 Å². The fourth-order valence-electron chi connectivity index (χ4n) is 2.88. The molecule has 0 aliphatic carbocycles. The van der Waals surface area contributed by atoms with Gasteiger partial charge in [-0.15, -0.1) is 0 Å². The molecule has 7 heteroatoms. The Balaban J connectivity index is 2.43. The van der Waals surface area contributed by atoms with Gasteiger partial charge in [-0.1, -0.05) is 12.1 Å². The Kier molecular flexibility index (Phi) is 5.65. The third-order valence-corrected chi connectivity index (χ3v) is 3.96. The first kappa shape index (κ1) is 18.3. The number of benzene rings is 1. The summed E-state index contributed by atoms with van der Waals surface area (Å²) in [4.78, 5) is 26.3. The molecule has 1 atom stereocenters. The summed E-state index contributed by atoms with van der Waals surface area (Å²) >= 11 is 0. The Morgan fingerprint density at radius 1 is 1.36 bits per heavy atom. The number of urea groups is 1. The van der Waals surface area contributed by atoms with Gasteiger partial charge in [0.25, 0.3) is 0 Å². The number of methoxy groups -OCH3 is 1. The number of nitrogens with zero attached hydrogens (tertiary/aromatic N) is 2. The quantitative estimate of drug-likeness (QED) is 0.830. The number of nitriles is 1. The largest absolute Gasteiger partial charge is 0.479 e. The number of ether oxygens (including phenoxy) is 2. The van der Waals surface area contributed by atoms with Crippen molar-refractivity contribution in [3.63, 3.8) is 0 Å². The van der Waals surface area contributed by atoms with E-state index >= 15 is 0 Å². The second-order valence-corrected chi connectivity index (χ2v) is 5.85. The van der Waals surface area contributed by atoms with E-state index in [1.807, 2.05) is 19.9 Å². The molecule has 0 fully saturated rings. The van der Waals surface area contributed by atoms with Crippen LogP contribution in [0.2, 0.25) is 0 Å². The Morgan fingerprint density at radius 3 is 2.52 bits per heavy atom. The second-order valence-electron chi connectivity index (χ2n) is 5.85. The average molecular weight is 343 g/mol. The Hall–Kier alpha value is -3.01. The zero-order chi connectivity index (χ0) is 18.6. The number of carbonyl (C=O) groups excluding carboxylic acids is 2. The molecular formula is C18H21N3O4. The van der Waals surface area contributed by atoms with E-state index < -0.39 is 12.0 Å². The van der Waals surface area contributed by atoms with E-state index in [9.17, 15) is 9.59 Å². The first-order chi connectivity index (χ1) is 11.9. The van der Waals surface area contributed by atoms with Crippen LogP contribution in [0.5, 0.6) is 5.75 Å². The van der Waals surface area contributed by atoms with Crippen molar-refractivity contribution in [2.45, 2.75) is 32.9 Å². The molecule has 0 saturated heterocycles. The van der Waals surface area contributed by atoms with Gasteiger partial charge in [0.1, 0.15) is 11.8 Å². The summed E-state index contributed by atoms with van der Waals surface area (Å²) in [5.41, 5.74) is 1.68. The van der Waals surface area contributed by atoms with E-state index in [0.717, 1.165) is 5.56 Å². The first-order valence-corrected chi connectivity index (χ1v) is 7.89. The molecule has 25 heavy (non-hydrogen) atoms. The summed E-state index contributed by atoms with van der Waals surface area (Å²) < 4.78 is 10.1. The number of carbonyl (C=O) groups is 2. The number of hydrogen-bond acceptors (Lipinski definition) is 5. The summed E-state index contributed by atoms with van der Waals surface area (Å²) in [5, 5.41) is 11.4. The van der Waals surface area contributed by atoms with Crippen LogP contribution >= 0.6 is 0 Å². The molecule has 132 valence electrons. The third kappa shape index (κ3) is 3.74. The van der Waals surface area contributed by atoms with Crippen molar-refractivity contribution in [3.8, 4) is 11.8 Å². The van der Waals surface area contributed by atoms with E-state index in [4.69, 9.17) is 14.7 Å². The standard InChI is InChI=1S/C18H21N3O4/c1-11(2)21-12(3)15(17(22)24-4)16(20-18(21)23)13-5-7-14(8-6-13)25-10-9-19/h5-8,11,16H,10H2,1-4H3,(H,20,23)/t16-/m1/s1. The highest BCUT2D eigenvalue weighted by atomic mass is 16.5. The molecule has 0 bridgehead atoms. The van der Waals surface area contributed by atoms with Gasteiger partial charge in [0.15, 0.2) is 6.61 Å². The van der Waals surface area contributed by atoms with E-state index in [0.29, 0.717) is 17.0 Å². The summed E-state index contributed by atoms with van der Waals surface area (Å²) in [7, 11) is 1.31. The lowest BCUT2D eigenvalue weighted by Crippen LogP contribution is -2.50. The van der Waals surface area contributed by atoms with Gasteiger partial charge in [-0.25, -0.2) is 9.59 Å². The SMILES string of the molecule is COC(=O)C1=C(C)N(C(C)C)C(=O)N[C@@H]1c1ccc(OCC#N)cc1. The lowest BCUT2D eigenvalue weighted by Gasteiger charge is -2.37. The molecule has 7 nitrogen and oxygen atoms in total. The Morgan fingerprint density at radius 2 is 2.00 bits per heavy atom. The molecule has 1 aromatic carbocycles. The van der Waals surface area contributed by atoms with Gasteiger partial charge < -0.3 is 14.8 Å². The predicted octanol–water partition coefficient (Wildman–Crippen LogP) is 2.51. The molecule has 2 amide bonds. The lowest BCUT2D eigenvalue weighted by molar-refractivity contribution is -0.136. The molecule has 1 heterocycles. The molecule has 1 N–H and O–H groups in total. The summed E-state index contributed by atoms with van der Waals surface area (Å²) in [5.74, 6) is 0.0505. The van der Waals surface area contributed by atoms with Crippen LogP contribution in [-0.2, 0) is 9.53 Å². The summed E-state index contributed by atoms with van der Waals surface area (Å²) in [6, 6.07) is 7.81. The number of rotatable bonds is 5. The topological polar surface area (TPSA) is 91.7 Å². The summed E-state index contributed by atoms with van der Waals surface area (Å²) in [6.07, 6.45) is 0. The van der Waals surface area contributed by atoms with Crippen molar-refractivity contribution in [2.75, 3.05) is 13.7 Å².